The second kappa shape index (κ2) is 5.95. The molecule has 2 rings (SSSR count). The van der Waals surface area contributed by atoms with E-state index in [9.17, 15) is 9.59 Å². The number of H-pyrrole nitrogens is 1. The molecule has 5 heteroatoms. The van der Waals surface area contributed by atoms with Gasteiger partial charge in [-0.15, -0.1) is 0 Å². The van der Waals surface area contributed by atoms with Gasteiger partial charge in [0, 0.05) is 6.54 Å². The maximum atomic E-state index is 12.3. The van der Waals surface area contributed by atoms with Crippen LogP contribution in [0.3, 0.4) is 0 Å². The summed E-state index contributed by atoms with van der Waals surface area (Å²) < 4.78 is 1.33. The van der Waals surface area contributed by atoms with E-state index in [1.807, 2.05) is 6.92 Å². The Morgan fingerprint density at radius 1 is 1.37 bits per heavy atom. The molecule has 0 amide bonds. The van der Waals surface area contributed by atoms with Crippen molar-refractivity contribution in [1.82, 2.24) is 9.55 Å². The topological polar surface area (TPSA) is 54.9 Å². The molecule has 2 atom stereocenters. The average Bonchev–Trinajstić information content (AvgIpc) is 2.76. The van der Waals surface area contributed by atoms with Gasteiger partial charge in [-0.1, -0.05) is 38.3 Å². The molecule has 0 radical (unpaired) electrons. The third-order valence-corrected chi connectivity index (χ3v) is 4.30. The van der Waals surface area contributed by atoms with E-state index in [2.05, 4.69) is 11.9 Å². The van der Waals surface area contributed by atoms with Crippen LogP contribution in [0.2, 0.25) is 5.15 Å². The summed E-state index contributed by atoms with van der Waals surface area (Å²) >= 11 is 5.96. The fourth-order valence-electron chi connectivity index (χ4n) is 2.97. The van der Waals surface area contributed by atoms with Crippen LogP contribution in [0, 0.1) is 11.8 Å². The van der Waals surface area contributed by atoms with Crippen molar-refractivity contribution in [2.45, 2.75) is 52.5 Å². The Morgan fingerprint density at radius 3 is 2.68 bits per heavy atom. The zero-order chi connectivity index (χ0) is 14.0. The minimum Gasteiger partial charge on any atom is -0.297 e. The van der Waals surface area contributed by atoms with Gasteiger partial charge in [0.05, 0.1) is 5.56 Å². The molecule has 0 saturated heterocycles. The predicted octanol–water partition coefficient (Wildman–Crippen LogP) is 2.58. The first-order valence-electron chi connectivity index (χ1n) is 7.04. The normalized spacial score (nSPS) is 22.9. The van der Waals surface area contributed by atoms with Crippen molar-refractivity contribution in [3.8, 4) is 0 Å². The van der Waals surface area contributed by atoms with E-state index in [0.717, 1.165) is 19.3 Å². The minimum absolute atomic E-state index is 0.202. The van der Waals surface area contributed by atoms with Gasteiger partial charge in [0.15, 0.2) is 0 Å². The average molecular weight is 285 g/mol. The number of halogens is 1. The fourth-order valence-corrected chi connectivity index (χ4v) is 3.22. The molecule has 0 aliphatic heterocycles. The van der Waals surface area contributed by atoms with E-state index < -0.39 is 0 Å². The van der Waals surface area contributed by atoms with E-state index in [1.54, 1.807) is 0 Å². The minimum atomic E-state index is -0.380. The van der Waals surface area contributed by atoms with Gasteiger partial charge in [0.25, 0.3) is 5.56 Å². The Kier molecular flexibility index (Phi) is 4.50. The lowest BCUT2D eigenvalue weighted by molar-refractivity contribution is 0.421. The molecule has 2 unspecified atom stereocenters. The lowest BCUT2D eigenvalue weighted by Crippen LogP contribution is -2.39. The Balaban J connectivity index is 2.32. The molecule has 1 aliphatic carbocycles. The second-order valence-electron chi connectivity index (χ2n) is 5.67. The monoisotopic (exact) mass is 284 g/mol. The summed E-state index contributed by atoms with van der Waals surface area (Å²) in [6.45, 7) is 4.73. The van der Waals surface area contributed by atoms with Crippen molar-refractivity contribution in [2.75, 3.05) is 0 Å². The molecule has 0 bridgehead atoms. The highest BCUT2D eigenvalue weighted by molar-refractivity contribution is 6.30. The van der Waals surface area contributed by atoms with Crippen LogP contribution < -0.4 is 11.2 Å². The van der Waals surface area contributed by atoms with Gasteiger partial charge in [0.2, 0.25) is 0 Å². The van der Waals surface area contributed by atoms with Crippen molar-refractivity contribution in [1.29, 1.82) is 0 Å². The lowest BCUT2D eigenvalue weighted by atomic mass is 10.1. The maximum Gasteiger partial charge on any atom is 0.329 e. The molecular weight excluding hydrogens is 264 g/mol. The Morgan fingerprint density at radius 2 is 2.11 bits per heavy atom. The van der Waals surface area contributed by atoms with Crippen molar-refractivity contribution in [3.63, 3.8) is 0 Å². The molecule has 0 spiro atoms. The molecule has 19 heavy (non-hydrogen) atoms. The molecule has 1 aromatic rings. The van der Waals surface area contributed by atoms with Gasteiger partial charge in [-0.2, -0.15) is 0 Å². The molecule has 1 heterocycles. The van der Waals surface area contributed by atoms with Crippen molar-refractivity contribution in [3.05, 3.63) is 31.6 Å². The summed E-state index contributed by atoms with van der Waals surface area (Å²) in [4.78, 5) is 26.8. The first-order chi connectivity index (χ1) is 9.02. The number of hydrogen-bond donors (Lipinski definition) is 1. The van der Waals surface area contributed by atoms with Crippen molar-refractivity contribution >= 4 is 11.6 Å². The molecule has 106 valence electrons. The van der Waals surface area contributed by atoms with Crippen molar-refractivity contribution < 1.29 is 0 Å². The lowest BCUT2D eigenvalue weighted by Gasteiger charge is -2.13. The van der Waals surface area contributed by atoms with Gasteiger partial charge in [-0.05, 0) is 31.1 Å². The highest BCUT2D eigenvalue weighted by Crippen LogP contribution is 2.30. The van der Waals surface area contributed by atoms with Crippen molar-refractivity contribution in [2.24, 2.45) is 11.8 Å². The predicted molar refractivity (Wildman–Crippen MR) is 76.8 cm³/mol. The Bertz CT molecular complexity index is 562. The molecular formula is C14H21ClN2O2. The van der Waals surface area contributed by atoms with Crippen LogP contribution >= 0.6 is 11.6 Å². The van der Waals surface area contributed by atoms with Crippen LogP contribution in [-0.2, 0) is 13.0 Å². The van der Waals surface area contributed by atoms with E-state index in [4.69, 9.17) is 11.6 Å². The molecule has 1 aliphatic rings. The van der Waals surface area contributed by atoms with Crippen LogP contribution in [0.5, 0.6) is 0 Å². The standard InChI is InChI=1S/C14H21ClN2O2/c1-3-4-11-12(15)16-14(19)17(13(11)18)8-10-6-5-9(2)7-10/h9-10H,3-8H2,1-2H3,(H,16,19). The van der Waals surface area contributed by atoms with E-state index in [1.165, 1.54) is 11.0 Å². The fraction of sp³-hybridized carbons (Fsp3) is 0.714. The van der Waals surface area contributed by atoms with Gasteiger partial charge < -0.3 is 0 Å². The molecule has 1 fully saturated rings. The number of nitrogens with zero attached hydrogens (tertiary/aromatic N) is 1. The number of rotatable bonds is 4. The zero-order valence-corrected chi connectivity index (χ0v) is 12.3. The smallest absolute Gasteiger partial charge is 0.297 e. The summed E-state index contributed by atoms with van der Waals surface area (Å²) in [6, 6.07) is 0. The molecule has 1 saturated carbocycles. The van der Waals surface area contributed by atoms with Crippen LogP contribution in [0.4, 0.5) is 0 Å². The third kappa shape index (κ3) is 3.11. The first kappa shape index (κ1) is 14.4. The second-order valence-corrected chi connectivity index (χ2v) is 6.05. The van der Waals surface area contributed by atoms with Crippen LogP contribution in [0.25, 0.3) is 0 Å². The highest BCUT2D eigenvalue weighted by atomic mass is 35.5. The summed E-state index contributed by atoms with van der Waals surface area (Å²) in [6.07, 6.45) is 4.82. The van der Waals surface area contributed by atoms with E-state index >= 15 is 0 Å². The quantitative estimate of drug-likeness (QED) is 0.864. The largest absolute Gasteiger partial charge is 0.329 e. The maximum absolute atomic E-state index is 12.3. The SMILES string of the molecule is CCCc1c(Cl)[nH]c(=O)n(CC2CCC(C)C2)c1=O. The van der Waals surface area contributed by atoms with Crippen LogP contribution in [0.15, 0.2) is 9.59 Å². The number of aromatic amines is 1. The first-order valence-corrected chi connectivity index (χ1v) is 7.42. The van der Waals surface area contributed by atoms with E-state index in [-0.39, 0.29) is 16.4 Å². The highest BCUT2D eigenvalue weighted by Gasteiger charge is 2.23. The molecule has 1 N–H and O–H groups in total. The van der Waals surface area contributed by atoms with E-state index in [0.29, 0.717) is 30.4 Å². The molecule has 0 aromatic carbocycles. The Hall–Kier alpha value is -1.03. The summed E-state index contributed by atoms with van der Waals surface area (Å²) in [7, 11) is 0. The van der Waals surface area contributed by atoms with Gasteiger partial charge in [-0.3, -0.25) is 14.3 Å². The number of hydrogen-bond acceptors (Lipinski definition) is 2. The summed E-state index contributed by atoms with van der Waals surface area (Å²) in [5.74, 6) is 1.13. The number of aromatic nitrogens is 2. The summed E-state index contributed by atoms with van der Waals surface area (Å²) in [5, 5.41) is 0.202. The molecule has 1 aromatic heterocycles. The summed E-state index contributed by atoms with van der Waals surface area (Å²) in [5.41, 5.74) is -0.0561. The van der Waals surface area contributed by atoms with Gasteiger partial charge >= 0.3 is 5.69 Å². The van der Waals surface area contributed by atoms with Gasteiger partial charge in [-0.25, -0.2) is 4.79 Å². The zero-order valence-electron chi connectivity index (χ0n) is 11.5. The number of nitrogens with one attached hydrogen (secondary N) is 1. The third-order valence-electron chi connectivity index (χ3n) is 3.97. The Labute approximate surface area is 117 Å². The van der Waals surface area contributed by atoms with Crippen LogP contribution in [0.1, 0.15) is 45.1 Å². The van der Waals surface area contributed by atoms with Crippen LogP contribution in [-0.4, -0.2) is 9.55 Å². The van der Waals surface area contributed by atoms with Gasteiger partial charge in [0.1, 0.15) is 5.15 Å². The molecule has 4 nitrogen and oxygen atoms in total.